The van der Waals surface area contributed by atoms with Gasteiger partial charge in [-0.3, -0.25) is 9.59 Å². The second kappa shape index (κ2) is 9.57. The molecule has 0 fully saturated rings. The number of halogens is 1. The van der Waals surface area contributed by atoms with Gasteiger partial charge in [-0.15, -0.1) is 0 Å². The van der Waals surface area contributed by atoms with Gasteiger partial charge in [0.2, 0.25) is 5.91 Å². The summed E-state index contributed by atoms with van der Waals surface area (Å²) < 4.78 is 23.8. The largest absolute Gasteiger partial charge is 0.506 e. The minimum Gasteiger partial charge on any atom is -0.506 e. The molecule has 0 radical (unpaired) electrons. The minimum absolute atomic E-state index is 0.0262. The summed E-state index contributed by atoms with van der Waals surface area (Å²) in [7, 11) is -3.45. The minimum atomic E-state index is -3.45. The van der Waals surface area contributed by atoms with Gasteiger partial charge in [-0.2, -0.15) is 0 Å². The van der Waals surface area contributed by atoms with Crippen molar-refractivity contribution in [3.8, 4) is 5.75 Å². The summed E-state index contributed by atoms with van der Waals surface area (Å²) in [6, 6.07) is 10.2. The number of nitrogens with one attached hydrogen (secondary N) is 2. The molecule has 2 aromatic rings. The molecule has 9 heteroatoms. The molecule has 0 spiro atoms. The molecular weight excluding hydrogens is 404 g/mol. The van der Waals surface area contributed by atoms with E-state index in [9.17, 15) is 23.1 Å². The van der Waals surface area contributed by atoms with Gasteiger partial charge < -0.3 is 15.7 Å². The second-order valence-corrected chi connectivity index (χ2v) is 8.71. The number of aromatic hydroxyl groups is 1. The van der Waals surface area contributed by atoms with Crippen LogP contribution in [0, 0.1) is 0 Å². The van der Waals surface area contributed by atoms with E-state index < -0.39 is 15.7 Å². The van der Waals surface area contributed by atoms with Crippen molar-refractivity contribution >= 4 is 38.9 Å². The number of amides is 2. The van der Waals surface area contributed by atoms with E-state index >= 15 is 0 Å². The average Bonchev–Trinajstić information content (AvgIpc) is 2.67. The zero-order valence-corrected chi connectivity index (χ0v) is 16.8. The fourth-order valence-corrected chi connectivity index (χ4v) is 3.37. The van der Waals surface area contributed by atoms with E-state index in [4.69, 9.17) is 11.6 Å². The number of anilines is 1. The zero-order valence-electron chi connectivity index (χ0n) is 15.2. The highest BCUT2D eigenvalue weighted by Gasteiger charge is 2.15. The molecule has 0 unspecified atom stereocenters. The molecule has 0 aliphatic carbocycles. The van der Waals surface area contributed by atoms with E-state index in [1.807, 2.05) is 0 Å². The van der Waals surface area contributed by atoms with Crippen LogP contribution in [0.2, 0.25) is 5.02 Å². The molecule has 2 amide bonds. The highest BCUT2D eigenvalue weighted by Crippen LogP contribution is 2.27. The van der Waals surface area contributed by atoms with Crippen molar-refractivity contribution in [2.75, 3.05) is 17.6 Å². The number of rotatable bonds is 8. The number of hydrogen-bond donors (Lipinski definition) is 3. The van der Waals surface area contributed by atoms with E-state index in [0.717, 1.165) is 0 Å². The summed E-state index contributed by atoms with van der Waals surface area (Å²) in [5.41, 5.74) is 0.498. The van der Waals surface area contributed by atoms with E-state index in [-0.39, 0.29) is 41.0 Å². The van der Waals surface area contributed by atoms with Crippen molar-refractivity contribution in [1.29, 1.82) is 0 Å². The summed E-state index contributed by atoms with van der Waals surface area (Å²) >= 11 is 5.77. The molecule has 150 valence electrons. The molecule has 7 nitrogen and oxygen atoms in total. The average molecular weight is 425 g/mol. The molecule has 0 saturated carbocycles. The number of phenols is 1. The van der Waals surface area contributed by atoms with Crippen LogP contribution in [0.5, 0.6) is 5.75 Å². The van der Waals surface area contributed by atoms with Gasteiger partial charge in [-0.05, 0) is 48.9 Å². The topological polar surface area (TPSA) is 113 Å². The van der Waals surface area contributed by atoms with Crippen molar-refractivity contribution in [1.82, 2.24) is 5.32 Å². The molecule has 2 rings (SSSR count). The van der Waals surface area contributed by atoms with Gasteiger partial charge >= 0.3 is 0 Å². The van der Waals surface area contributed by atoms with Crippen molar-refractivity contribution in [3.63, 3.8) is 0 Å². The van der Waals surface area contributed by atoms with Crippen LogP contribution in [0.1, 0.15) is 30.1 Å². The summed E-state index contributed by atoms with van der Waals surface area (Å²) in [6.45, 7) is 1.80. The van der Waals surface area contributed by atoms with E-state index in [1.54, 1.807) is 24.3 Å². The van der Waals surface area contributed by atoms with Crippen LogP contribution in [0.3, 0.4) is 0 Å². The number of phenolic OH excluding ortho intramolecular Hbond substituents is 1. The van der Waals surface area contributed by atoms with E-state index in [2.05, 4.69) is 10.6 Å². The Labute approximate surface area is 168 Å². The third kappa shape index (κ3) is 5.97. The van der Waals surface area contributed by atoms with Crippen LogP contribution < -0.4 is 10.6 Å². The normalized spacial score (nSPS) is 11.1. The molecule has 3 N–H and O–H groups in total. The van der Waals surface area contributed by atoms with Crippen LogP contribution in [0.15, 0.2) is 47.4 Å². The van der Waals surface area contributed by atoms with Gasteiger partial charge in [-0.25, -0.2) is 8.42 Å². The lowest BCUT2D eigenvalue weighted by Gasteiger charge is -2.10. The Morgan fingerprint density at radius 2 is 1.79 bits per heavy atom. The third-order valence-electron chi connectivity index (χ3n) is 3.95. The second-order valence-electron chi connectivity index (χ2n) is 6.00. The monoisotopic (exact) mass is 424 g/mol. The number of sulfone groups is 1. The van der Waals surface area contributed by atoms with Crippen LogP contribution in [0.4, 0.5) is 5.69 Å². The SMILES string of the molecule is CCS(=O)(=O)c1ccc(O)c(NC(=O)CCCNC(=O)c2ccc(Cl)cc2)c1. The van der Waals surface area contributed by atoms with Gasteiger partial charge in [0.05, 0.1) is 16.3 Å². The van der Waals surface area contributed by atoms with E-state index in [1.165, 1.54) is 25.1 Å². The fraction of sp³-hybridized carbons (Fsp3) is 0.263. The Bertz CT molecular complexity index is 959. The number of carbonyl (C=O) groups excluding carboxylic acids is 2. The van der Waals surface area contributed by atoms with Gasteiger partial charge in [-0.1, -0.05) is 18.5 Å². The van der Waals surface area contributed by atoms with Crippen LogP contribution in [-0.2, 0) is 14.6 Å². The smallest absolute Gasteiger partial charge is 0.251 e. The Kier molecular flexibility index (Phi) is 7.42. The Morgan fingerprint density at radius 3 is 2.43 bits per heavy atom. The van der Waals surface area contributed by atoms with Crippen molar-refractivity contribution in [3.05, 3.63) is 53.1 Å². The number of carbonyl (C=O) groups is 2. The first-order valence-corrected chi connectivity index (χ1v) is 10.7. The molecule has 0 atom stereocenters. The first-order chi connectivity index (χ1) is 13.2. The van der Waals surface area contributed by atoms with Crippen molar-refractivity contribution in [2.24, 2.45) is 0 Å². The van der Waals surface area contributed by atoms with Crippen molar-refractivity contribution < 1.29 is 23.1 Å². The number of hydrogen-bond acceptors (Lipinski definition) is 5. The van der Waals surface area contributed by atoms with Crippen LogP contribution in [0.25, 0.3) is 0 Å². The molecule has 0 aliphatic rings. The Hall–Kier alpha value is -2.58. The maximum Gasteiger partial charge on any atom is 0.251 e. The van der Waals surface area contributed by atoms with Crippen molar-refractivity contribution in [2.45, 2.75) is 24.7 Å². The highest BCUT2D eigenvalue weighted by molar-refractivity contribution is 7.91. The molecule has 0 bridgehead atoms. The van der Waals surface area contributed by atoms with Crippen LogP contribution in [-0.4, -0.2) is 37.6 Å². The maximum absolute atomic E-state index is 12.0. The highest BCUT2D eigenvalue weighted by atomic mass is 35.5. The summed E-state index contributed by atoms with van der Waals surface area (Å²) in [5.74, 6) is -0.980. The predicted octanol–water partition coefficient (Wildman–Crippen LogP) is 2.99. The summed E-state index contributed by atoms with van der Waals surface area (Å²) in [6.07, 6.45) is 0.462. The Balaban J connectivity index is 1.85. The first-order valence-electron chi connectivity index (χ1n) is 8.62. The zero-order chi connectivity index (χ0) is 20.7. The van der Waals surface area contributed by atoms with Crippen LogP contribution >= 0.6 is 11.6 Å². The van der Waals surface area contributed by atoms with Gasteiger partial charge in [0.1, 0.15) is 5.75 Å². The third-order valence-corrected chi connectivity index (χ3v) is 5.94. The first kappa shape index (κ1) is 21.7. The van der Waals surface area contributed by atoms with Gasteiger partial charge in [0.15, 0.2) is 9.84 Å². The maximum atomic E-state index is 12.0. The molecule has 2 aromatic carbocycles. The predicted molar refractivity (Wildman–Crippen MR) is 107 cm³/mol. The van der Waals surface area contributed by atoms with Gasteiger partial charge in [0.25, 0.3) is 5.91 Å². The molecule has 0 heterocycles. The molecule has 0 saturated heterocycles. The number of benzene rings is 2. The summed E-state index contributed by atoms with van der Waals surface area (Å²) in [5, 5.41) is 15.6. The lowest BCUT2D eigenvalue weighted by atomic mass is 10.2. The van der Waals surface area contributed by atoms with E-state index in [0.29, 0.717) is 17.0 Å². The molecule has 28 heavy (non-hydrogen) atoms. The molecule has 0 aromatic heterocycles. The fourth-order valence-electron chi connectivity index (χ4n) is 2.34. The standard InChI is InChI=1S/C19H21ClN2O5S/c1-2-28(26,27)15-9-10-17(23)16(12-15)22-18(24)4-3-11-21-19(25)13-5-7-14(20)8-6-13/h5-10,12,23H,2-4,11H2,1H3,(H,21,25)(H,22,24). The van der Waals surface area contributed by atoms with Gasteiger partial charge in [0, 0.05) is 23.6 Å². The summed E-state index contributed by atoms with van der Waals surface area (Å²) in [4.78, 5) is 24.0. The lowest BCUT2D eigenvalue weighted by Crippen LogP contribution is -2.25. The Morgan fingerprint density at radius 1 is 1.11 bits per heavy atom. The molecule has 0 aliphatic heterocycles. The molecular formula is C19H21ClN2O5S. The lowest BCUT2D eigenvalue weighted by molar-refractivity contribution is -0.116. The quantitative estimate of drug-likeness (QED) is 0.445.